The van der Waals surface area contributed by atoms with Gasteiger partial charge < -0.3 is 15.2 Å². The number of likely N-dealkylation sites (tertiary alicyclic amines) is 1. The van der Waals surface area contributed by atoms with Crippen LogP contribution in [0.5, 0.6) is 5.75 Å². The Kier molecular flexibility index (Phi) is 4.92. The summed E-state index contributed by atoms with van der Waals surface area (Å²) in [5.74, 6) is 0.461. The van der Waals surface area contributed by atoms with Gasteiger partial charge in [-0.3, -0.25) is 4.90 Å². The number of alkyl halides is 2. The van der Waals surface area contributed by atoms with E-state index in [4.69, 9.17) is 10.5 Å². The van der Waals surface area contributed by atoms with Gasteiger partial charge in [-0.25, -0.2) is 9.97 Å². The Bertz CT molecular complexity index is 793. The van der Waals surface area contributed by atoms with Gasteiger partial charge in [0.2, 0.25) is 5.95 Å². The van der Waals surface area contributed by atoms with Crippen molar-refractivity contribution in [2.45, 2.75) is 38.0 Å². The van der Waals surface area contributed by atoms with Gasteiger partial charge in [0.25, 0.3) is 0 Å². The van der Waals surface area contributed by atoms with Gasteiger partial charge in [0.1, 0.15) is 11.4 Å². The van der Waals surface area contributed by atoms with E-state index in [2.05, 4.69) is 19.6 Å². The maximum absolute atomic E-state index is 12.2. The number of hydrogen-bond donors (Lipinski definition) is 1. The molecule has 6 nitrogen and oxygen atoms in total. The number of rotatable bonds is 4. The van der Waals surface area contributed by atoms with E-state index in [9.17, 15) is 8.78 Å². The van der Waals surface area contributed by atoms with Crippen LogP contribution in [0.3, 0.4) is 0 Å². The van der Waals surface area contributed by atoms with Gasteiger partial charge in [-0.1, -0.05) is 12.1 Å². The lowest BCUT2D eigenvalue weighted by Crippen LogP contribution is -2.47. The van der Waals surface area contributed by atoms with Crippen molar-refractivity contribution in [3.8, 4) is 5.75 Å². The molecule has 0 saturated carbocycles. The second-order valence-corrected chi connectivity index (χ2v) is 6.99. The topological polar surface area (TPSA) is 73.5 Å². The van der Waals surface area contributed by atoms with E-state index in [1.165, 1.54) is 0 Å². The minimum Gasteiger partial charge on any atom is -0.435 e. The zero-order valence-corrected chi connectivity index (χ0v) is 14.9. The van der Waals surface area contributed by atoms with Crippen LogP contribution in [-0.2, 0) is 23.3 Å². The van der Waals surface area contributed by atoms with E-state index in [0.29, 0.717) is 6.61 Å². The molecule has 27 heavy (non-hydrogen) atoms. The summed E-state index contributed by atoms with van der Waals surface area (Å²) >= 11 is 0. The summed E-state index contributed by atoms with van der Waals surface area (Å²) in [5.41, 5.74) is 8.54. The molecule has 2 aromatic rings. The van der Waals surface area contributed by atoms with Crippen molar-refractivity contribution in [2.24, 2.45) is 0 Å². The van der Waals surface area contributed by atoms with Crippen LogP contribution >= 0.6 is 0 Å². The summed E-state index contributed by atoms with van der Waals surface area (Å²) in [5, 5.41) is 0. The largest absolute Gasteiger partial charge is 0.435 e. The first-order valence-corrected chi connectivity index (χ1v) is 9.06. The summed E-state index contributed by atoms with van der Waals surface area (Å²) in [6, 6.07) is 6.80. The number of nitrogens with zero attached hydrogens (tertiary/aromatic N) is 3. The zero-order chi connectivity index (χ0) is 18.9. The van der Waals surface area contributed by atoms with Crippen LogP contribution in [0.2, 0.25) is 0 Å². The molecular weight excluding hydrogens is 354 g/mol. The first-order chi connectivity index (χ1) is 13.0. The highest BCUT2D eigenvalue weighted by Crippen LogP contribution is 2.40. The maximum Gasteiger partial charge on any atom is 0.387 e. The first kappa shape index (κ1) is 18.1. The smallest absolute Gasteiger partial charge is 0.387 e. The normalized spacial score (nSPS) is 19.2. The van der Waals surface area contributed by atoms with Gasteiger partial charge in [0, 0.05) is 25.8 Å². The van der Waals surface area contributed by atoms with E-state index >= 15 is 0 Å². The number of halogens is 2. The Labute approximate surface area is 156 Å². The Morgan fingerprint density at radius 2 is 1.96 bits per heavy atom. The molecule has 1 aromatic heterocycles. The number of piperidine rings is 1. The van der Waals surface area contributed by atoms with Gasteiger partial charge in [-0.2, -0.15) is 8.78 Å². The zero-order valence-electron chi connectivity index (χ0n) is 14.9. The monoisotopic (exact) mass is 376 g/mol. The highest BCUT2D eigenvalue weighted by atomic mass is 19.3. The minimum atomic E-state index is -2.80. The molecule has 4 rings (SSSR count). The summed E-state index contributed by atoms with van der Waals surface area (Å²) in [6.07, 6.45) is 4.30. The lowest BCUT2D eigenvalue weighted by molar-refractivity contribution is -0.102. The molecule has 0 amide bonds. The third-order valence-electron chi connectivity index (χ3n) is 5.28. The maximum atomic E-state index is 12.2. The average molecular weight is 376 g/mol. The fourth-order valence-corrected chi connectivity index (χ4v) is 3.91. The number of nitrogens with two attached hydrogens (primary N) is 1. The Balaban J connectivity index is 1.41. The molecule has 0 bridgehead atoms. The third-order valence-corrected chi connectivity index (χ3v) is 5.28. The second kappa shape index (κ2) is 7.36. The number of anilines is 1. The van der Waals surface area contributed by atoms with Crippen LogP contribution < -0.4 is 10.5 Å². The number of hydrogen-bond acceptors (Lipinski definition) is 6. The van der Waals surface area contributed by atoms with Crippen molar-refractivity contribution >= 4 is 5.95 Å². The predicted octanol–water partition coefficient (Wildman–Crippen LogP) is 2.72. The molecule has 0 unspecified atom stereocenters. The van der Waals surface area contributed by atoms with Gasteiger partial charge in [-0.15, -0.1) is 0 Å². The molecule has 0 atom stereocenters. The number of ether oxygens (including phenoxy) is 2. The van der Waals surface area contributed by atoms with Crippen LogP contribution in [0.15, 0.2) is 30.5 Å². The highest BCUT2D eigenvalue weighted by molar-refractivity contribution is 5.32. The van der Waals surface area contributed by atoms with Gasteiger partial charge in [0.15, 0.2) is 0 Å². The second-order valence-electron chi connectivity index (χ2n) is 6.99. The molecule has 1 fully saturated rings. The van der Waals surface area contributed by atoms with E-state index in [1.807, 2.05) is 18.3 Å². The lowest BCUT2D eigenvalue weighted by Gasteiger charge is -2.44. The molecule has 1 spiro atoms. The minimum absolute atomic E-state index is 0.177. The molecular formula is C19H22F2N4O2. The van der Waals surface area contributed by atoms with Crippen LogP contribution in [0.1, 0.15) is 29.7 Å². The third kappa shape index (κ3) is 3.86. The molecule has 0 radical (unpaired) electrons. The number of benzene rings is 1. The molecule has 0 aliphatic carbocycles. The fraction of sp³-hybridized carbons (Fsp3) is 0.474. The fourth-order valence-electron chi connectivity index (χ4n) is 3.91. The summed E-state index contributed by atoms with van der Waals surface area (Å²) in [4.78, 5) is 10.9. The molecule has 2 aliphatic rings. The number of nitrogen functional groups attached to an aromatic ring is 1. The SMILES string of the molecule is Nc1ncc2c(n1)C1(CCN(Cc3ccc(OC(F)F)cc3)CC1)OCC2. The van der Waals surface area contributed by atoms with E-state index < -0.39 is 6.61 Å². The van der Waals surface area contributed by atoms with Gasteiger partial charge >= 0.3 is 6.61 Å². The van der Waals surface area contributed by atoms with Crippen molar-refractivity contribution in [1.29, 1.82) is 0 Å². The van der Waals surface area contributed by atoms with Crippen molar-refractivity contribution < 1.29 is 18.3 Å². The van der Waals surface area contributed by atoms with E-state index in [0.717, 1.165) is 55.7 Å². The predicted molar refractivity (Wildman–Crippen MR) is 95.4 cm³/mol. The number of aromatic nitrogens is 2. The van der Waals surface area contributed by atoms with E-state index in [1.54, 1.807) is 12.1 Å². The standard InChI is InChI=1S/C19H22F2N4O2/c20-17(21)27-15-3-1-13(2-4-15)12-25-8-6-19(7-9-25)16-14(5-10-26-19)11-23-18(22)24-16/h1-4,11,17H,5-10,12H2,(H2,22,23,24). The Morgan fingerprint density at radius 3 is 2.67 bits per heavy atom. The Morgan fingerprint density at radius 1 is 1.22 bits per heavy atom. The van der Waals surface area contributed by atoms with Gasteiger partial charge in [-0.05, 0) is 42.5 Å². The lowest BCUT2D eigenvalue weighted by atomic mass is 9.83. The van der Waals surface area contributed by atoms with Crippen LogP contribution in [0.4, 0.5) is 14.7 Å². The van der Waals surface area contributed by atoms with Crippen LogP contribution in [0.25, 0.3) is 0 Å². The average Bonchev–Trinajstić information content (AvgIpc) is 2.66. The summed E-state index contributed by atoms with van der Waals surface area (Å²) in [7, 11) is 0. The number of fused-ring (bicyclic) bond motifs is 2. The molecule has 1 saturated heterocycles. The van der Waals surface area contributed by atoms with E-state index in [-0.39, 0.29) is 17.3 Å². The first-order valence-electron chi connectivity index (χ1n) is 9.06. The summed E-state index contributed by atoms with van der Waals surface area (Å²) in [6.45, 7) is 0.345. The van der Waals surface area contributed by atoms with Crippen molar-refractivity contribution in [3.63, 3.8) is 0 Å². The highest BCUT2D eigenvalue weighted by Gasteiger charge is 2.42. The molecule has 8 heteroatoms. The molecule has 144 valence electrons. The molecule has 2 aliphatic heterocycles. The quantitative estimate of drug-likeness (QED) is 0.885. The molecule has 2 N–H and O–H groups in total. The molecule has 1 aromatic carbocycles. The van der Waals surface area contributed by atoms with Crippen LogP contribution in [0, 0.1) is 0 Å². The van der Waals surface area contributed by atoms with Crippen molar-refractivity contribution in [1.82, 2.24) is 14.9 Å². The summed E-state index contributed by atoms with van der Waals surface area (Å²) < 4.78 is 35.0. The Hall–Kier alpha value is -2.32. The van der Waals surface area contributed by atoms with Crippen molar-refractivity contribution in [3.05, 3.63) is 47.3 Å². The molecule has 3 heterocycles. The van der Waals surface area contributed by atoms with Gasteiger partial charge in [0.05, 0.1) is 12.3 Å². The van der Waals surface area contributed by atoms with Crippen molar-refractivity contribution in [2.75, 3.05) is 25.4 Å². The van der Waals surface area contributed by atoms with Crippen LogP contribution in [-0.4, -0.2) is 41.2 Å².